The van der Waals surface area contributed by atoms with E-state index in [-0.39, 0.29) is 11.7 Å². The Hall–Kier alpha value is -2.44. The Morgan fingerprint density at radius 2 is 2.10 bits per heavy atom. The highest BCUT2D eigenvalue weighted by Gasteiger charge is 2.34. The van der Waals surface area contributed by atoms with Gasteiger partial charge in [-0.2, -0.15) is 0 Å². The van der Waals surface area contributed by atoms with Crippen LogP contribution < -0.4 is 5.32 Å². The van der Waals surface area contributed by atoms with Gasteiger partial charge in [-0.3, -0.25) is 19.7 Å². The minimum Gasteiger partial charge on any atom is -0.481 e. The van der Waals surface area contributed by atoms with Crippen molar-refractivity contribution in [1.29, 1.82) is 0 Å². The third-order valence-corrected chi connectivity index (χ3v) is 3.81. The summed E-state index contributed by atoms with van der Waals surface area (Å²) in [6, 6.07) is 3.72. The minimum absolute atomic E-state index is 0.0455. The van der Waals surface area contributed by atoms with E-state index in [0.717, 1.165) is 6.42 Å². The number of hydrogen-bond donors (Lipinski definition) is 2. The molecule has 0 radical (unpaired) electrons. The smallest absolute Gasteiger partial charge is 0.308 e. The quantitative estimate of drug-likeness (QED) is 0.650. The van der Waals surface area contributed by atoms with Crippen molar-refractivity contribution >= 4 is 17.6 Å². The zero-order chi connectivity index (χ0) is 15.6. The van der Waals surface area contributed by atoms with Crippen molar-refractivity contribution in [2.75, 3.05) is 0 Å². The molecule has 0 unspecified atom stereocenters. The Balaban J connectivity index is 2.12. The van der Waals surface area contributed by atoms with E-state index in [1.807, 2.05) is 0 Å². The first-order valence-electron chi connectivity index (χ1n) is 6.69. The van der Waals surface area contributed by atoms with E-state index in [1.54, 1.807) is 6.92 Å². The predicted octanol–water partition coefficient (Wildman–Crippen LogP) is 1.89. The monoisotopic (exact) mass is 292 g/mol. The standard InChI is InChI=1S/C14H16N2O5/c1-8-7-9(5-6-12(8)16(20)21)13(17)15-11-4-2-3-10(11)14(18)19/h5-7,10-11H,2-4H2,1H3,(H,15,17)(H,18,19)/t10-,11+/m0/s1. The molecule has 2 rings (SSSR count). The normalized spacial score (nSPS) is 21.0. The average Bonchev–Trinajstić information content (AvgIpc) is 2.86. The molecule has 0 aliphatic heterocycles. The van der Waals surface area contributed by atoms with Gasteiger partial charge in [0.15, 0.2) is 0 Å². The van der Waals surface area contributed by atoms with Gasteiger partial charge in [-0.1, -0.05) is 6.42 Å². The van der Waals surface area contributed by atoms with Crippen molar-refractivity contribution in [3.8, 4) is 0 Å². The third-order valence-electron chi connectivity index (χ3n) is 3.81. The van der Waals surface area contributed by atoms with E-state index in [2.05, 4.69) is 5.32 Å². The number of benzene rings is 1. The molecule has 1 aromatic rings. The first kappa shape index (κ1) is 15.0. The van der Waals surface area contributed by atoms with Crippen molar-refractivity contribution in [3.05, 3.63) is 39.4 Å². The van der Waals surface area contributed by atoms with Crippen LogP contribution in [0.2, 0.25) is 0 Å². The fraction of sp³-hybridized carbons (Fsp3) is 0.429. The number of aliphatic carboxylic acids is 1. The fourth-order valence-corrected chi connectivity index (χ4v) is 2.68. The summed E-state index contributed by atoms with van der Waals surface area (Å²) >= 11 is 0. The number of carboxylic acid groups (broad SMARTS) is 1. The first-order chi connectivity index (χ1) is 9.90. The highest BCUT2D eigenvalue weighted by molar-refractivity contribution is 5.95. The zero-order valence-electron chi connectivity index (χ0n) is 11.5. The van der Waals surface area contributed by atoms with Crippen molar-refractivity contribution in [2.24, 2.45) is 5.92 Å². The lowest BCUT2D eigenvalue weighted by Gasteiger charge is -2.17. The van der Waals surface area contributed by atoms with E-state index in [4.69, 9.17) is 5.11 Å². The minimum atomic E-state index is -0.905. The second kappa shape index (κ2) is 5.90. The Morgan fingerprint density at radius 1 is 1.38 bits per heavy atom. The molecule has 2 atom stereocenters. The van der Waals surface area contributed by atoms with Crippen LogP contribution in [0.5, 0.6) is 0 Å². The molecule has 0 heterocycles. The van der Waals surface area contributed by atoms with Crippen LogP contribution in [0, 0.1) is 23.0 Å². The molecule has 7 heteroatoms. The molecular weight excluding hydrogens is 276 g/mol. The number of hydrogen-bond acceptors (Lipinski definition) is 4. The second-order valence-corrected chi connectivity index (χ2v) is 5.21. The summed E-state index contributed by atoms with van der Waals surface area (Å²) in [6.07, 6.45) is 1.95. The van der Waals surface area contributed by atoms with Crippen molar-refractivity contribution < 1.29 is 19.6 Å². The summed E-state index contributed by atoms with van der Waals surface area (Å²) < 4.78 is 0. The van der Waals surface area contributed by atoms with Crippen LogP contribution in [0.3, 0.4) is 0 Å². The van der Waals surface area contributed by atoms with E-state index in [1.165, 1.54) is 18.2 Å². The molecule has 0 saturated heterocycles. The average molecular weight is 292 g/mol. The number of amides is 1. The van der Waals surface area contributed by atoms with Gasteiger partial charge in [0.1, 0.15) is 0 Å². The van der Waals surface area contributed by atoms with E-state index in [9.17, 15) is 19.7 Å². The number of aryl methyl sites for hydroxylation is 1. The van der Waals surface area contributed by atoms with Crippen LogP contribution in [0.4, 0.5) is 5.69 Å². The zero-order valence-corrected chi connectivity index (χ0v) is 11.5. The highest BCUT2D eigenvalue weighted by atomic mass is 16.6. The number of nitro groups is 1. The lowest BCUT2D eigenvalue weighted by molar-refractivity contribution is -0.385. The van der Waals surface area contributed by atoms with Gasteiger partial charge in [-0.15, -0.1) is 0 Å². The Bertz CT molecular complexity index is 599. The van der Waals surface area contributed by atoms with E-state index >= 15 is 0 Å². The van der Waals surface area contributed by atoms with Gasteiger partial charge < -0.3 is 10.4 Å². The fourth-order valence-electron chi connectivity index (χ4n) is 2.68. The molecule has 0 spiro atoms. The van der Waals surface area contributed by atoms with Crippen LogP contribution in [0.15, 0.2) is 18.2 Å². The topological polar surface area (TPSA) is 110 Å². The molecule has 2 N–H and O–H groups in total. The predicted molar refractivity (Wildman–Crippen MR) is 74.1 cm³/mol. The maximum absolute atomic E-state index is 12.1. The number of nitrogens with one attached hydrogen (secondary N) is 1. The molecule has 1 aliphatic carbocycles. The second-order valence-electron chi connectivity index (χ2n) is 5.21. The highest BCUT2D eigenvalue weighted by Crippen LogP contribution is 2.26. The first-order valence-corrected chi connectivity index (χ1v) is 6.69. The molecular formula is C14H16N2O5. The summed E-state index contributed by atoms with van der Waals surface area (Å²) in [5, 5.41) is 22.5. The molecule has 1 amide bonds. The van der Waals surface area contributed by atoms with E-state index in [0.29, 0.717) is 24.0 Å². The van der Waals surface area contributed by atoms with Crippen LogP contribution >= 0.6 is 0 Å². The van der Waals surface area contributed by atoms with Gasteiger partial charge in [-0.25, -0.2) is 0 Å². The van der Waals surface area contributed by atoms with Crippen molar-refractivity contribution in [3.63, 3.8) is 0 Å². The number of rotatable bonds is 4. The number of nitrogens with zero attached hydrogens (tertiary/aromatic N) is 1. The van der Waals surface area contributed by atoms with Crippen LogP contribution in [-0.4, -0.2) is 27.9 Å². The molecule has 1 aliphatic rings. The summed E-state index contributed by atoms with van der Waals surface area (Å²) in [4.78, 5) is 33.4. The molecule has 1 fully saturated rings. The molecule has 1 aromatic carbocycles. The maximum atomic E-state index is 12.1. The van der Waals surface area contributed by atoms with Gasteiger partial charge in [0.2, 0.25) is 0 Å². The molecule has 7 nitrogen and oxygen atoms in total. The number of carboxylic acids is 1. The molecule has 112 valence electrons. The lowest BCUT2D eigenvalue weighted by Crippen LogP contribution is -2.40. The third kappa shape index (κ3) is 3.18. The molecule has 1 saturated carbocycles. The molecule has 0 bridgehead atoms. The number of carbonyl (C=O) groups excluding carboxylic acids is 1. The molecule has 21 heavy (non-hydrogen) atoms. The van der Waals surface area contributed by atoms with Crippen molar-refractivity contribution in [2.45, 2.75) is 32.2 Å². The summed E-state index contributed by atoms with van der Waals surface area (Å²) in [6.45, 7) is 1.56. The summed E-state index contributed by atoms with van der Waals surface area (Å²) in [5.74, 6) is -1.86. The van der Waals surface area contributed by atoms with Crippen LogP contribution in [0.1, 0.15) is 35.2 Å². The number of carbonyl (C=O) groups is 2. The summed E-state index contributed by atoms with van der Waals surface area (Å²) in [5.41, 5.74) is 0.652. The van der Waals surface area contributed by atoms with Crippen LogP contribution in [-0.2, 0) is 4.79 Å². The van der Waals surface area contributed by atoms with Gasteiger partial charge in [-0.05, 0) is 31.9 Å². The number of nitro benzene ring substituents is 1. The van der Waals surface area contributed by atoms with E-state index < -0.39 is 22.7 Å². The van der Waals surface area contributed by atoms with Gasteiger partial charge >= 0.3 is 5.97 Å². The van der Waals surface area contributed by atoms with Crippen LogP contribution in [0.25, 0.3) is 0 Å². The largest absolute Gasteiger partial charge is 0.481 e. The summed E-state index contributed by atoms with van der Waals surface area (Å²) in [7, 11) is 0. The Morgan fingerprint density at radius 3 is 2.67 bits per heavy atom. The van der Waals surface area contributed by atoms with Crippen molar-refractivity contribution in [1.82, 2.24) is 5.32 Å². The SMILES string of the molecule is Cc1cc(C(=O)N[C@@H]2CCC[C@@H]2C(=O)O)ccc1[N+](=O)[O-]. The van der Waals surface area contributed by atoms with Gasteiger partial charge in [0.25, 0.3) is 11.6 Å². The van der Waals surface area contributed by atoms with Gasteiger partial charge in [0, 0.05) is 23.2 Å². The molecule has 0 aromatic heterocycles. The Kier molecular flexibility index (Phi) is 4.21. The lowest BCUT2D eigenvalue weighted by atomic mass is 10.0. The van der Waals surface area contributed by atoms with Gasteiger partial charge in [0.05, 0.1) is 10.8 Å². The Labute approximate surface area is 121 Å². The maximum Gasteiger partial charge on any atom is 0.308 e.